The van der Waals surface area contributed by atoms with Crippen LogP contribution in [0.3, 0.4) is 0 Å². The van der Waals surface area contributed by atoms with Gasteiger partial charge in [0.15, 0.2) is 0 Å². The minimum atomic E-state index is -0.792. The molecule has 2 aromatic rings. The normalized spacial score (nSPS) is 19.7. The topological polar surface area (TPSA) is 18.5 Å². The molecule has 0 spiro atoms. The molecule has 118 valence electrons. The maximum Gasteiger partial charge on any atom is 0.222 e. The molecule has 3 rings (SSSR count). The summed E-state index contributed by atoms with van der Waals surface area (Å²) in [5.74, 6) is -0.792. The Morgan fingerprint density at radius 2 is 1.41 bits per heavy atom. The molecule has 4 heteroatoms. The van der Waals surface area contributed by atoms with Crippen LogP contribution in [0.25, 0.3) is 0 Å². The Labute approximate surface area is 146 Å². The number of aryl methyl sites for hydroxylation is 2. The van der Waals surface area contributed by atoms with E-state index < -0.39 is 5.79 Å². The number of halogens is 2. The summed E-state index contributed by atoms with van der Waals surface area (Å²) < 4.78 is 12.4. The summed E-state index contributed by atoms with van der Waals surface area (Å²) in [6.07, 6.45) is 0.0626. The van der Waals surface area contributed by atoms with Gasteiger partial charge in [0.05, 0.1) is 12.7 Å². The fourth-order valence-corrected chi connectivity index (χ4v) is 2.92. The number of alkyl halides is 1. The van der Waals surface area contributed by atoms with Crippen LogP contribution in [0.15, 0.2) is 48.5 Å². The second-order valence-electron chi connectivity index (χ2n) is 5.55. The molecule has 1 atom stereocenters. The first-order valence-electron chi connectivity index (χ1n) is 7.16. The molecule has 0 amide bonds. The lowest BCUT2D eigenvalue weighted by Gasteiger charge is -2.29. The summed E-state index contributed by atoms with van der Waals surface area (Å²) in [6, 6.07) is 16.7. The van der Waals surface area contributed by atoms with Gasteiger partial charge < -0.3 is 9.47 Å². The van der Waals surface area contributed by atoms with Gasteiger partial charge in [0, 0.05) is 16.5 Å². The quantitative estimate of drug-likeness (QED) is 0.713. The van der Waals surface area contributed by atoms with Gasteiger partial charge in [0.2, 0.25) is 5.79 Å². The molecule has 0 saturated carbocycles. The third kappa shape index (κ3) is 3.23. The van der Waals surface area contributed by atoms with Crippen molar-refractivity contribution in [2.24, 2.45) is 0 Å². The summed E-state index contributed by atoms with van der Waals surface area (Å²) in [5, 5.41) is 0.770. The molecule has 1 heterocycles. The van der Waals surface area contributed by atoms with Crippen LogP contribution < -0.4 is 0 Å². The smallest absolute Gasteiger partial charge is 0.222 e. The predicted octanol–water partition coefficient (Wildman–Crippen LogP) is 4.74. The van der Waals surface area contributed by atoms with Gasteiger partial charge >= 0.3 is 0 Å². The highest BCUT2D eigenvalue weighted by atomic mass is 79.9. The van der Waals surface area contributed by atoms with Gasteiger partial charge in [0.25, 0.3) is 0 Å². The molecule has 0 N–H and O–H groups in total. The van der Waals surface area contributed by atoms with Crippen LogP contribution >= 0.6 is 28.3 Å². The zero-order chi connectivity index (χ0) is 14.9. The minimum absolute atomic E-state index is 0. The van der Waals surface area contributed by atoms with Crippen LogP contribution in [0, 0.1) is 13.8 Å². The summed E-state index contributed by atoms with van der Waals surface area (Å²) in [4.78, 5) is 0. The van der Waals surface area contributed by atoms with Crippen molar-refractivity contribution in [2.45, 2.75) is 25.7 Å². The highest BCUT2D eigenvalue weighted by molar-refractivity contribution is 9.09. The Balaban J connectivity index is 0.00000176. The lowest BCUT2D eigenvalue weighted by atomic mass is 9.95. The van der Waals surface area contributed by atoms with E-state index in [0.717, 1.165) is 16.5 Å². The molecule has 1 aliphatic rings. The van der Waals surface area contributed by atoms with Crippen LogP contribution in [0.1, 0.15) is 22.3 Å². The van der Waals surface area contributed by atoms with Gasteiger partial charge in [-0.2, -0.15) is 0 Å². The van der Waals surface area contributed by atoms with Crippen molar-refractivity contribution in [3.8, 4) is 0 Å². The molecule has 2 aromatic carbocycles. The average molecular weight is 384 g/mol. The number of ether oxygens (including phenoxy) is 2. The molecule has 0 aliphatic carbocycles. The second-order valence-corrected chi connectivity index (χ2v) is 6.20. The van der Waals surface area contributed by atoms with Crippen molar-refractivity contribution in [3.05, 3.63) is 70.8 Å². The van der Waals surface area contributed by atoms with Crippen LogP contribution in [0.5, 0.6) is 0 Å². The largest absolute Gasteiger partial charge is 0.339 e. The summed E-state index contributed by atoms with van der Waals surface area (Å²) >= 11 is 3.49. The first-order chi connectivity index (χ1) is 10.1. The summed E-state index contributed by atoms with van der Waals surface area (Å²) in [7, 11) is 0. The number of benzene rings is 2. The number of hydrogen-bond acceptors (Lipinski definition) is 2. The molecule has 0 bridgehead atoms. The van der Waals surface area contributed by atoms with Crippen LogP contribution in [0.4, 0.5) is 0 Å². The van der Waals surface area contributed by atoms with Gasteiger partial charge in [-0.1, -0.05) is 75.6 Å². The maximum atomic E-state index is 6.28. The minimum Gasteiger partial charge on any atom is -0.339 e. The van der Waals surface area contributed by atoms with E-state index in [1.54, 1.807) is 0 Å². The molecular formula is C18H20BrClO2. The van der Waals surface area contributed by atoms with Crippen LogP contribution in [-0.4, -0.2) is 18.0 Å². The Bertz CT molecular complexity index is 564. The van der Waals surface area contributed by atoms with Crippen LogP contribution in [-0.2, 0) is 15.3 Å². The van der Waals surface area contributed by atoms with E-state index in [9.17, 15) is 0 Å². The Morgan fingerprint density at radius 1 is 0.955 bits per heavy atom. The van der Waals surface area contributed by atoms with Gasteiger partial charge in [-0.3, -0.25) is 0 Å². The Hall–Kier alpha value is -0.870. The molecular weight excluding hydrogens is 364 g/mol. The first-order valence-corrected chi connectivity index (χ1v) is 8.28. The Kier molecular flexibility index (Phi) is 5.67. The first kappa shape index (κ1) is 17.5. The van der Waals surface area contributed by atoms with Crippen molar-refractivity contribution < 1.29 is 9.47 Å². The molecule has 1 unspecified atom stereocenters. The predicted molar refractivity (Wildman–Crippen MR) is 95.0 cm³/mol. The zero-order valence-corrected chi connectivity index (χ0v) is 15.1. The molecule has 0 radical (unpaired) electrons. The lowest BCUT2D eigenvalue weighted by Crippen LogP contribution is -2.30. The summed E-state index contributed by atoms with van der Waals surface area (Å²) in [6.45, 7) is 4.76. The van der Waals surface area contributed by atoms with Crippen LogP contribution in [0.2, 0.25) is 0 Å². The van der Waals surface area contributed by atoms with E-state index in [4.69, 9.17) is 9.47 Å². The maximum absolute atomic E-state index is 6.28. The molecule has 22 heavy (non-hydrogen) atoms. The highest BCUT2D eigenvalue weighted by Crippen LogP contribution is 2.41. The SMILES string of the molecule is Cc1ccc(C2(c3ccc(C)cc3)OCC(CBr)O2)cc1.Cl. The van der Waals surface area contributed by atoms with E-state index in [0.29, 0.717) is 6.61 Å². The molecule has 2 nitrogen and oxygen atoms in total. The average Bonchev–Trinajstić information content (AvgIpc) is 2.94. The zero-order valence-electron chi connectivity index (χ0n) is 12.7. The van der Waals surface area contributed by atoms with Crippen molar-refractivity contribution in [2.75, 3.05) is 11.9 Å². The van der Waals surface area contributed by atoms with Crippen molar-refractivity contribution in [1.29, 1.82) is 0 Å². The lowest BCUT2D eigenvalue weighted by molar-refractivity contribution is -0.139. The summed E-state index contributed by atoms with van der Waals surface area (Å²) in [5.41, 5.74) is 4.54. The van der Waals surface area contributed by atoms with Gasteiger partial charge in [-0.15, -0.1) is 12.4 Å². The fraction of sp³-hybridized carbons (Fsp3) is 0.333. The van der Waals surface area contributed by atoms with Gasteiger partial charge in [0.1, 0.15) is 0 Å². The Morgan fingerprint density at radius 3 is 1.77 bits per heavy atom. The fourth-order valence-electron chi connectivity index (χ4n) is 2.60. The van der Waals surface area contributed by atoms with E-state index in [1.807, 2.05) is 0 Å². The number of hydrogen-bond donors (Lipinski definition) is 0. The second kappa shape index (κ2) is 7.14. The number of rotatable bonds is 3. The van der Waals surface area contributed by atoms with Crippen molar-refractivity contribution in [3.63, 3.8) is 0 Å². The van der Waals surface area contributed by atoms with E-state index in [-0.39, 0.29) is 18.5 Å². The third-order valence-corrected chi connectivity index (χ3v) is 4.56. The standard InChI is InChI=1S/C18H19BrO2.ClH/c1-13-3-7-15(8-4-13)18(20-12-17(11-19)21-18)16-9-5-14(2)6-10-16;/h3-10,17H,11-12H2,1-2H3;1H. The van der Waals surface area contributed by atoms with Crippen molar-refractivity contribution >= 4 is 28.3 Å². The van der Waals surface area contributed by atoms with E-state index in [1.165, 1.54) is 11.1 Å². The van der Waals surface area contributed by atoms with E-state index in [2.05, 4.69) is 78.3 Å². The van der Waals surface area contributed by atoms with Crippen molar-refractivity contribution in [1.82, 2.24) is 0 Å². The van der Waals surface area contributed by atoms with Gasteiger partial charge in [-0.25, -0.2) is 0 Å². The molecule has 1 fully saturated rings. The monoisotopic (exact) mass is 382 g/mol. The highest BCUT2D eigenvalue weighted by Gasteiger charge is 2.44. The molecule has 0 aromatic heterocycles. The van der Waals surface area contributed by atoms with Gasteiger partial charge in [-0.05, 0) is 13.8 Å². The third-order valence-electron chi connectivity index (χ3n) is 3.84. The molecule has 1 saturated heterocycles. The van der Waals surface area contributed by atoms with E-state index >= 15 is 0 Å². The molecule has 1 aliphatic heterocycles.